The van der Waals surface area contributed by atoms with E-state index in [0.29, 0.717) is 10.7 Å². The van der Waals surface area contributed by atoms with Gasteiger partial charge in [-0.2, -0.15) is 0 Å². The molecule has 0 fully saturated rings. The molecule has 0 atom stereocenters. The van der Waals surface area contributed by atoms with E-state index >= 15 is 0 Å². The molecule has 0 spiro atoms. The Labute approximate surface area is 73.4 Å². The molecule has 4 nitrogen and oxygen atoms in total. The van der Waals surface area contributed by atoms with Crippen LogP contribution in [0.5, 0.6) is 0 Å². The largest absolute Gasteiger partial charge is 0.390 e. The normalized spacial score (nSPS) is 10.8. The molecule has 0 saturated carbocycles. The Balaban J connectivity index is 2.73. The van der Waals surface area contributed by atoms with E-state index in [1.807, 2.05) is 0 Å². The number of aromatic nitrogens is 3. The molecule has 0 aromatic carbocycles. The Morgan fingerprint density at radius 3 is 3.08 bits per heavy atom. The minimum Gasteiger partial charge on any atom is -0.390 e. The average molecular weight is 184 g/mol. The van der Waals surface area contributed by atoms with Gasteiger partial charge in [-0.05, 0) is 12.1 Å². The van der Waals surface area contributed by atoms with Gasteiger partial charge in [-0.1, -0.05) is 16.8 Å². The van der Waals surface area contributed by atoms with Crippen molar-refractivity contribution in [3.8, 4) is 0 Å². The molecule has 2 rings (SSSR count). The molecule has 0 saturated heterocycles. The van der Waals surface area contributed by atoms with Crippen molar-refractivity contribution in [1.82, 2.24) is 14.8 Å². The molecule has 2 heterocycles. The monoisotopic (exact) mass is 183 g/mol. The summed E-state index contributed by atoms with van der Waals surface area (Å²) in [5, 5.41) is 17.0. The maximum Gasteiger partial charge on any atom is 0.116 e. The van der Waals surface area contributed by atoms with Crippen LogP contribution in [0.1, 0.15) is 5.69 Å². The molecule has 0 radical (unpaired) electrons. The highest BCUT2D eigenvalue weighted by molar-refractivity contribution is 6.30. The predicted molar refractivity (Wildman–Crippen MR) is 43.9 cm³/mol. The van der Waals surface area contributed by atoms with Crippen LogP contribution in [0.3, 0.4) is 0 Å². The Morgan fingerprint density at radius 2 is 2.33 bits per heavy atom. The zero-order chi connectivity index (χ0) is 8.55. The second-order valence-corrected chi connectivity index (χ2v) is 2.81. The van der Waals surface area contributed by atoms with Gasteiger partial charge in [0.2, 0.25) is 0 Å². The number of aliphatic hydroxyl groups is 1. The topological polar surface area (TPSA) is 50.4 Å². The van der Waals surface area contributed by atoms with Crippen molar-refractivity contribution in [3.63, 3.8) is 0 Å². The minimum absolute atomic E-state index is 0.106. The van der Waals surface area contributed by atoms with Crippen LogP contribution >= 0.6 is 11.6 Å². The number of rotatable bonds is 1. The number of nitrogens with zero attached hydrogens (tertiary/aromatic N) is 3. The van der Waals surface area contributed by atoms with Crippen molar-refractivity contribution in [2.24, 2.45) is 0 Å². The van der Waals surface area contributed by atoms with Crippen LogP contribution in [0.4, 0.5) is 0 Å². The van der Waals surface area contributed by atoms with Crippen molar-refractivity contribution in [3.05, 3.63) is 29.0 Å². The van der Waals surface area contributed by atoms with Gasteiger partial charge in [0, 0.05) is 6.20 Å². The van der Waals surface area contributed by atoms with Gasteiger partial charge in [-0.15, -0.1) is 5.10 Å². The lowest BCUT2D eigenvalue weighted by Gasteiger charge is -1.92. The predicted octanol–water partition coefficient (Wildman–Crippen LogP) is 0.875. The van der Waals surface area contributed by atoms with Crippen molar-refractivity contribution >= 4 is 17.1 Å². The second-order valence-electron chi connectivity index (χ2n) is 2.37. The van der Waals surface area contributed by atoms with Crippen molar-refractivity contribution in [2.75, 3.05) is 0 Å². The number of aliphatic hydroxyl groups excluding tert-OH is 1. The first-order chi connectivity index (χ1) is 5.81. The summed E-state index contributed by atoms with van der Waals surface area (Å²) in [5.74, 6) is 0. The van der Waals surface area contributed by atoms with Crippen LogP contribution in [-0.2, 0) is 6.61 Å². The highest BCUT2D eigenvalue weighted by Gasteiger charge is 2.03. The maximum atomic E-state index is 8.84. The fraction of sp³-hybridized carbons (Fsp3) is 0.143. The summed E-state index contributed by atoms with van der Waals surface area (Å²) in [6.45, 7) is -0.106. The second kappa shape index (κ2) is 2.73. The number of halogens is 1. The van der Waals surface area contributed by atoms with Crippen molar-refractivity contribution in [2.45, 2.75) is 6.61 Å². The lowest BCUT2D eigenvalue weighted by molar-refractivity contribution is 0.278. The van der Waals surface area contributed by atoms with Crippen LogP contribution in [0.15, 0.2) is 18.3 Å². The molecular formula is C7H6ClN3O. The van der Waals surface area contributed by atoms with Gasteiger partial charge in [0.25, 0.3) is 0 Å². The summed E-state index contributed by atoms with van der Waals surface area (Å²) in [6, 6.07) is 3.51. The lowest BCUT2D eigenvalue weighted by Crippen LogP contribution is -1.86. The fourth-order valence-electron chi connectivity index (χ4n) is 1.03. The van der Waals surface area contributed by atoms with E-state index in [-0.39, 0.29) is 6.61 Å². The number of fused-ring (bicyclic) bond motifs is 1. The molecule has 0 bridgehead atoms. The highest BCUT2D eigenvalue weighted by atomic mass is 35.5. The number of pyridine rings is 1. The van der Waals surface area contributed by atoms with Gasteiger partial charge in [0.1, 0.15) is 5.69 Å². The standard InChI is InChI=1S/C7H6ClN3O/c8-5-1-2-7-6(4-12)9-10-11(7)3-5/h1-3,12H,4H2. The molecule has 2 aromatic heterocycles. The van der Waals surface area contributed by atoms with E-state index < -0.39 is 0 Å². The Bertz CT molecular complexity index is 412. The smallest absolute Gasteiger partial charge is 0.116 e. The third-order valence-electron chi connectivity index (χ3n) is 1.60. The lowest BCUT2D eigenvalue weighted by atomic mass is 10.3. The molecule has 0 aliphatic rings. The first-order valence-corrected chi connectivity index (χ1v) is 3.79. The third-order valence-corrected chi connectivity index (χ3v) is 1.82. The third kappa shape index (κ3) is 1.05. The minimum atomic E-state index is -0.106. The van der Waals surface area contributed by atoms with E-state index in [4.69, 9.17) is 16.7 Å². The summed E-state index contributed by atoms with van der Waals surface area (Å²) in [7, 11) is 0. The summed E-state index contributed by atoms with van der Waals surface area (Å²) < 4.78 is 1.54. The van der Waals surface area contributed by atoms with E-state index in [0.717, 1.165) is 5.52 Å². The number of hydrogen-bond acceptors (Lipinski definition) is 3. The van der Waals surface area contributed by atoms with Crippen LogP contribution in [-0.4, -0.2) is 19.9 Å². The Hall–Kier alpha value is -1.13. The summed E-state index contributed by atoms with van der Waals surface area (Å²) in [6.07, 6.45) is 1.64. The van der Waals surface area contributed by atoms with Gasteiger partial charge >= 0.3 is 0 Å². The zero-order valence-electron chi connectivity index (χ0n) is 6.11. The summed E-state index contributed by atoms with van der Waals surface area (Å²) >= 11 is 5.72. The maximum absolute atomic E-state index is 8.84. The van der Waals surface area contributed by atoms with Crippen LogP contribution in [0, 0.1) is 0 Å². The SMILES string of the molecule is OCc1nnn2cc(Cl)ccc12. The van der Waals surface area contributed by atoms with Crippen LogP contribution in [0.2, 0.25) is 5.02 Å². The molecule has 0 unspecified atom stereocenters. The van der Waals surface area contributed by atoms with Crippen molar-refractivity contribution in [1.29, 1.82) is 0 Å². The van der Waals surface area contributed by atoms with Gasteiger partial charge in [0.05, 0.1) is 17.1 Å². The molecule has 0 amide bonds. The average Bonchev–Trinajstić information content (AvgIpc) is 2.46. The van der Waals surface area contributed by atoms with Crippen LogP contribution < -0.4 is 0 Å². The van der Waals surface area contributed by atoms with Crippen molar-refractivity contribution < 1.29 is 5.11 Å². The molecule has 2 aromatic rings. The van der Waals surface area contributed by atoms with E-state index in [1.54, 1.807) is 18.3 Å². The van der Waals surface area contributed by atoms with Crippen LogP contribution in [0.25, 0.3) is 5.52 Å². The van der Waals surface area contributed by atoms with Gasteiger partial charge in [-0.3, -0.25) is 0 Å². The Morgan fingerprint density at radius 1 is 1.50 bits per heavy atom. The van der Waals surface area contributed by atoms with E-state index in [1.165, 1.54) is 4.52 Å². The van der Waals surface area contributed by atoms with Gasteiger partial charge < -0.3 is 5.11 Å². The summed E-state index contributed by atoms with van der Waals surface area (Å²) in [5.41, 5.74) is 1.34. The molecule has 5 heteroatoms. The molecule has 0 aliphatic carbocycles. The van der Waals surface area contributed by atoms with Gasteiger partial charge in [0.15, 0.2) is 0 Å². The Kier molecular flexibility index (Phi) is 1.71. The fourth-order valence-corrected chi connectivity index (χ4v) is 1.19. The quantitative estimate of drug-likeness (QED) is 0.714. The first-order valence-electron chi connectivity index (χ1n) is 3.41. The molecule has 62 valence electrons. The van der Waals surface area contributed by atoms with E-state index in [9.17, 15) is 0 Å². The highest BCUT2D eigenvalue weighted by Crippen LogP contribution is 2.12. The summed E-state index contributed by atoms with van der Waals surface area (Å²) in [4.78, 5) is 0. The number of hydrogen-bond donors (Lipinski definition) is 1. The first kappa shape index (κ1) is 7.52. The van der Waals surface area contributed by atoms with Gasteiger partial charge in [-0.25, -0.2) is 4.52 Å². The van der Waals surface area contributed by atoms with E-state index in [2.05, 4.69) is 10.3 Å². The zero-order valence-corrected chi connectivity index (χ0v) is 6.86. The molecule has 0 aliphatic heterocycles. The molecule has 12 heavy (non-hydrogen) atoms. The molecular weight excluding hydrogens is 178 g/mol. The molecule has 1 N–H and O–H groups in total.